The molecule has 2 fully saturated rings. The van der Waals surface area contributed by atoms with Crippen LogP contribution in [0.5, 0.6) is 0 Å². The number of nitrogens with zero attached hydrogens (tertiary/aromatic N) is 4. The molecule has 0 radical (unpaired) electrons. The zero-order chi connectivity index (χ0) is 24.2. The zero-order valence-corrected chi connectivity index (χ0v) is 20.3. The van der Waals surface area contributed by atoms with Gasteiger partial charge in [0.1, 0.15) is 23.2 Å². The molecule has 35 heavy (non-hydrogen) atoms. The molecule has 2 aromatic heterocycles. The Morgan fingerprint density at radius 3 is 2.51 bits per heavy atom. The van der Waals surface area contributed by atoms with Crippen molar-refractivity contribution < 1.29 is 9.50 Å². The van der Waals surface area contributed by atoms with Gasteiger partial charge in [-0.15, -0.1) is 0 Å². The van der Waals surface area contributed by atoms with E-state index in [-0.39, 0.29) is 11.1 Å². The SMILES string of the molecule is OC1CCC(NCC2CCC(Nc3ncc4ncnc(Nc5ccc(F)c(Cl)c5)c4n3)CC2)CC1. The third-order valence-electron chi connectivity index (χ3n) is 7.13. The van der Waals surface area contributed by atoms with Gasteiger partial charge < -0.3 is 21.1 Å². The van der Waals surface area contributed by atoms with Crippen LogP contribution in [0.4, 0.5) is 21.8 Å². The Kier molecular flexibility index (Phi) is 7.55. The third kappa shape index (κ3) is 6.15. The van der Waals surface area contributed by atoms with Crippen molar-refractivity contribution >= 4 is 40.1 Å². The summed E-state index contributed by atoms with van der Waals surface area (Å²) >= 11 is 5.91. The van der Waals surface area contributed by atoms with Gasteiger partial charge in [-0.25, -0.2) is 24.3 Å². The topological polar surface area (TPSA) is 108 Å². The van der Waals surface area contributed by atoms with E-state index in [1.54, 1.807) is 12.3 Å². The van der Waals surface area contributed by atoms with Gasteiger partial charge in [-0.05, 0) is 82.0 Å². The molecule has 0 unspecified atom stereocenters. The predicted molar refractivity (Wildman–Crippen MR) is 135 cm³/mol. The summed E-state index contributed by atoms with van der Waals surface area (Å²) in [6.45, 7) is 1.06. The van der Waals surface area contributed by atoms with Gasteiger partial charge in [-0.2, -0.15) is 0 Å². The van der Waals surface area contributed by atoms with Gasteiger partial charge >= 0.3 is 0 Å². The summed E-state index contributed by atoms with van der Waals surface area (Å²) < 4.78 is 13.5. The number of halogens is 2. The summed E-state index contributed by atoms with van der Waals surface area (Å²) in [5.74, 6) is 1.27. The second-order valence-electron chi connectivity index (χ2n) is 9.68. The van der Waals surface area contributed by atoms with Crippen molar-refractivity contribution in [1.82, 2.24) is 25.3 Å². The Morgan fingerprint density at radius 1 is 0.971 bits per heavy atom. The van der Waals surface area contributed by atoms with E-state index in [4.69, 9.17) is 11.6 Å². The van der Waals surface area contributed by atoms with Crippen molar-refractivity contribution in [3.8, 4) is 0 Å². The fourth-order valence-corrected chi connectivity index (χ4v) is 5.21. The first kappa shape index (κ1) is 24.1. The molecule has 0 amide bonds. The molecule has 0 bridgehead atoms. The fourth-order valence-electron chi connectivity index (χ4n) is 5.03. The highest BCUT2D eigenvalue weighted by molar-refractivity contribution is 6.31. The number of benzene rings is 1. The summed E-state index contributed by atoms with van der Waals surface area (Å²) in [4.78, 5) is 17.7. The lowest BCUT2D eigenvalue weighted by Gasteiger charge is -2.32. The molecular formula is C25H31ClFN7O. The van der Waals surface area contributed by atoms with Crippen LogP contribution in [0.2, 0.25) is 5.02 Å². The summed E-state index contributed by atoms with van der Waals surface area (Å²) in [6, 6.07) is 5.29. The number of fused-ring (bicyclic) bond motifs is 1. The first-order chi connectivity index (χ1) is 17.0. The minimum Gasteiger partial charge on any atom is -0.393 e. The molecule has 2 saturated carbocycles. The van der Waals surface area contributed by atoms with Crippen molar-refractivity contribution in [2.75, 3.05) is 17.2 Å². The van der Waals surface area contributed by atoms with Crippen molar-refractivity contribution in [2.24, 2.45) is 5.92 Å². The number of aliphatic hydroxyl groups is 1. The fraction of sp³-hybridized carbons (Fsp3) is 0.520. The molecule has 186 valence electrons. The van der Waals surface area contributed by atoms with Crippen LogP contribution in [-0.2, 0) is 0 Å². The lowest BCUT2D eigenvalue weighted by Crippen LogP contribution is -2.39. The van der Waals surface area contributed by atoms with E-state index >= 15 is 0 Å². The molecular weight excluding hydrogens is 469 g/mol. The summed E-state index contributed by atoms with van der Waals surface area (Å²) in [5.41, 5.74) is 1.81. The Morgan fingerprint density at radius 2 is 1.74 bits per heavy atom. The lowest BCUT2D eigenvalue weighted by molar-refractivity contribution is 0.115. The molecule has 3 aromatic rings. The second kappa shape index (κ2) is 11.0. The highest BCUT2D eigenvalue weighted by Crippen LogP contribution is 2.28. The average molecular weight is 500 g/mol. The van der Waals surface area contributed by atoms with Gasteiger partial charge in [0.05, 0.1) is 17.3 Å². The second-order valence-corrected chi connectivity index (χ2v) is 10.1. The van der Waals surface area contributed by atoms with Crippen molar-refractivity contribution in [1.29, 1.82) is 0 Å². The van der Waals surface area contributed by atoms with E-state index in [0.29, 0.717) is 46.5 Å². The van der Waals surface area contributed by atoms with Gasteiger partial charge in [0, 0.05) is 17.8 Å². The highest BCUT2D eigenvalue weighted by Gasteiger charge is 2.24. The smallest absolute Gasteiger partial charge is 0.223 e. The molecule has 5 rings (SSSR count). The molecule has 4 N–H and O–H groups in total. The predicted octanol–water partition coefficient (Wildman–Crippen LogP) is 4.82. The maximum Gasteiger partial charge on any atom is 0.223 e. The average Bonchev–Trinajstić information content (AvgIpc) is 2.87. The minimum absolute atomic E-state index is 0.0358. The number of rotatable bonds is 7. The van der Waals surface area contributed by atoms with Crippen LogP contribution in [0.1, 0.15) is 51.4 Å². The van der Waals surface area contributed by atoms with Crippen LogP contribution in [-0.4, -0.2) is 49.8 Å². The van der Waals surface area contributed by atoms with Crippen molar-refractivity contribution in [3.05, 3.63) is 41.6 Å². The maximum atomic E-state index is 13.5. The van der Waals surface area contributed by atoms with Crippen LogP contribution >= 0.6 is 11.6 Å². The zero-order valence-electron chi connectivity index (χ0n) is 19.6. The van der Waals surface area contributed by atoms with Gasteiger partial charge in [0.25, 0.3) is 0 Å². The van der Waals surface area contributed by atoms with Gasteiger partial charge in [-0.3, -0.25) is 0 Å². The summed E-state index contributed by atoms with van der Waals surface area (Å²) in [5, 5.41) is 20.1. The monoisotopic (exact) mass is 499 g/mol. The highest BCUT2D eigenvalue weighted by atomic mass is 35.5. The van der Waals surface area contributed by atoms with Crippen LogP contribution < -0.4 is 16.0 Å². The minimum atomic E-state index is -0.474. The summed E-state index contributed by atoms with van der Waals surface area (Å²) in [6.07, 6.45) is 11.5. The Bertz CT molecular complexity index is 1150. The van der Waals surface area contributed by atoms with Crippen LogP contribution in [0, 0.1) is 11.7 Å². The van der Waals surface area contributed by atoms with E-state index in [9.17, 15) is 9.50 Å². The molecule has 1 aromatic carbocycles. The number of aliphatic hydroxyl groups excluding tert-OH is 1. The molecule has 0 atom stereocenters. The number of nitrogens with one attached hydrogen (secondary N) is 3. The Hall–Kier alpha value is -2.62. The van der Waals surface area contributed by atoms with Crippen LogP contribution in [0.15, 0.2) is 30.7 Å². The number of anilines is 3. The normalized spacial score (nSPS) is 24.9. The molecule has 2 aliphatic carbocycles. The van der Waals surface area contributed by atoms with Crippen LogP contribution in [0.25, 0.3) is 11.0 Å². The van der Waals surface area contributed by atoms with Crippen molar-refractivity contribution in [3.63, 3.8) is 0 Å². The molecule has 2 aliphatic rings. The molecule has 0 saturated heterocycles. The van der Waals surface area contributed by atoms with E-state index in [2.05, 4.69) is 35.9 Å². The molecule has 2 heterocycles. The Balaban J connectivity index is 1.18. The van der Waals surface area contributed by atoms with Gasteiger partial charge in [-0.1, -0.05) is 11.6 Å². The van der Waals surface area contributed by atoms with E-state index in [1.807, 2.05) is 0 Å². The quantitative estimate of drug-likeness (QED) is 0.366. The standard InChI is InChI=1S/C25H31ClFN7O/c26-20-11-18(7-10-21(20)27)32-24-23-22(30-14-31-24)13-29-25(34-23)33-17-3-1-15(2-4-17)12-28-16-5-8-19(35)9-6-16/h7,10-11,13-17,19,28,35H,1-6,8-9,12H2,(H,29,33,34)(H,30,31,32). The van der Waals surface area contributed by atoms with Gasteiger partial charge in [0.15, 0.2) is 5.82 Å². The maximum absolute atomic E-state index is 13.5. The van der Waals surface area contributed by atoms with E-state index in [0.717, 1.165) is 57.9 Å². The Labute approximate surface area is 209 Å². The molecule has 0 spiro atoms. The largest absolute Gasteiger partial charge is 0.393 e. The lowest BCUT2D eigenvalue weighted by atomic mass is 9.85. The first-order valence-electron chi connectivity index (χ1n) is 12.4. The van der Waals surface area contributed by atoms with Crippen molar-refractivity contribution in [2.45, 2.75) is 69.6 Å². The molecule has 0 aliphatic heterocycles. The van der Waals surface area contributed by atoms with Gasteiger partial charge in [0.2, 0.25) is 5.95 Å². The summed E-state index contributed by atoms with van der Waals surface area (Å²) in [7, 11) is 0. The molecule has 10 heteroatoms. The number of aromatic nitrogens is 4. The van der Waals surface area contributed by atoms with E-state index < -0.39 is 5.82 Å². The number of hydrogen-bond donors (Lipinski definition) is 4. The first-order valence-corrected chi connectivity index (χ1v) is 12.8. The molecule has 8 nitrogen and oxygen atoms in total. The van der Waals surface area contributed by atoms with Crippen LogP contribution in [0.3, 0.4) is 0 Å². The third-order valence-corrected chi connectivity index (χ3v) is 7.42. The number of hydrogen-bond acceptors (Lipinski definition) is 8. The van der Waals surface area contributed by atoms with E-state index in [1.165, 1.54) is 18.5 Å².